The molecular formula is C38H67O11P. The molecule has 50 heavy (non-hydrogen) atoms. The van der Waals surface area contributed by atoms with Crippen molar-refractivity contribution in [3.05, 3.63) is 48.6 Å². The van der Waals surface area contributed by atoms with Gasteiger partial charge in [-0.25, -0.2) is 4.57 Å². The molecule has 0 spiro atoms. The van der Waals surface area contributed by atoms with Crippen molar-refractivity contribution in [2.45, 2.75) is 148 Å². The molecule has 12 heteroatoms. The molecule has 0 saturated carbocycles. The first-order valence-corrected chi connectivity index (χ1v) is 20.0. The van der Waals surface area contributed by atoms with Gasteiger partial charge in [-0.15, -0.1) is 0 Å². The van der Waals surface area contributed by atoms with Crippen LogP contribution in [0.4, 0.5) is 0 Å². The van der Waals surface area contributed by atoms with Crippen LogP contribution < -0.4 is 0 Å². The van der Waals surface area contributed by atoms with E-state index in [0.717, 1.165) is 57.8 Å². The minimum atomic E-state index is -4.63. The van der Waals surface area contributed by atoms with E-state index < -0.39 is 51.8 Å². The van der Waals surface area contributed by atoms with Crippen LogP contribution in [0.25, 0.3) is 0 Å². The van der Waals surface area contributed by atoms with Gasteiger partial charge in [-0.3, -0.25) is 18.6 Å². The molecule has 1 unspecified atom stereocenters. The SMILES string of the molecule is CCCC[C@H](O)/C=C\C/C=C\C/C=C\C/C=C\CCCC(=O)OC[C@H](COP(=O)(O)OC[C@@H](O)CO)OC(=O)CCCCCCCCC(C)C. The summed E-state index contributed by atoms with van der Waals surface area (Å²) in [5.41, 5.74) is 0. The normalized spacial score (nSPS) is 15.4. The summed E-state index contributed by atoms with van der Waals surface area (Å²) in [4.78, 5) is 34.7. The van der Waals surface area contributed by atoms with Gasteiger partial charge in [0, 0.05) is 12.8 Å². The number of allylic oxidation sites excluding steroid dienone is 7. The van der Waals surface area contributed by atoms with E-state index in [1.807, 2.05) is 24.3 Å². The van der Waals surface area contributed by atoms with E-state index in [-0.39, 0.29) is 25.6 Å². The fourth-order valence-corrected chi connectivity index (χ4v) is 5.33. The average Bonchev–Trinajstić information content (AvgIpc) is 3.08. The Morgan fingerprint density at radius 1 is 0.700 bits per heavy atom. The molecule has 11 nitrogen and oxygen atoms in total. The monoisotopic (exact) mass is 730 g/mol. The molecule has 0 aromatic rings. The Morgan fingerprint density at radius 3 is 1.92 bits per heavy atom. The number of esters is 2. The minimum Gasteiger partial charge on any atom is -0.462 e. The summed E-state index contributed by atoms with van der Waals surface area (Å²) >= 11 is 0. The second kappa shape index (κ2) is 32.8. The first kappa shape index (κ1) is 47.9. The molecule has 0 aromatic carbocycles. The molecule has 0 radical (unpaired) electrons. The highest BCUT2D eigenvalue weighted by atomic mass is 31.2. The zero-order valence-corrected chi connectivity index (χ0v) is 31.8. The third-order valence-corrected chi connectivity index (χ3v) is 8.44. The lowest BCUT2D eigenvalue weighted by atomic mass is 10.0. The highest BCUT2D eigenvalue weighted by molar-refractivity contribution is 7.47. The number of phosphoric acid groups is 1. The number of unbranched alkanes of at least 4 members (excludes halogenated alkanes) is 7. The van der Waals surface area contributed by atoms with Gasteiger partial charge in [-0.2, -0.15) is 0 Å². The molecule has 0 heterocycles. The molecule has 0 saturated heterocycles. The predicted molar refractivity (Wildman–Crippen MR) is 197 cm³/mol. The van der Waals surface area contributed by atoms with E-state index >= 15 is 0 Å². The Hall–Kier alpha value is -2.11. The number of carbonyl (C=O) groups excluding carboxylic acids is 2. The van der Waals surface area contributed by atoms with Crippen LogP contribution in [0.1, 0.15) is 130 Å². The standard InChI is InChI=1S/C38H67O11P/c1-4-5-25-34(40)26-21-17-12-10-8-6-7-9-11-13-18-22-27-37(42)46-31-36(32-48-50(44,45)47-30-35(41)29-39)49-38(43)28-23-19-15-14-16-20-24-33(2)3/h6-7,10-13,21,26,33-36,39-41H,4-5,8-9,14-20,22-25,27-32H2,1-3H3,(H,44,45)/b7-6-,12-10-,13-11-,26-21-/t34-,35-,36+/m0/s1. The zero-order chi connectivity index (χ0) is 37.3. The Bertz CT molecular complexity index is 1010. The van der Waals surface area contributed by atoms with Crippen molar-refractivity contribution >= 4 is 19.8 Å². The molecule has 0 aromatic heterocycles. The van der Waals surface area contributed by atoms with E-state index in [9.17, 15) is 29.3 Å². The topological polar surface area (TPSA) is 169 Å². The maximum absolute atomic E-state index is 12.5. The van der Waals surface area contributed by atoms with E-state index in [1.165, 1.54) is 19.3 Å². The molecule has 0 aliphatic rings. The number of phosphoric ester groups is 1. The molecule has 0 aliphatic carbocycles. The molecule has 0 amide bonds. The third kappa shape index (κ3) is 33.1. The first-order valence-electron chi connectivity index (χ1n) is 18.5. The Morgan fingerprint density at radius 2 is 1.28 bits per heavy atom. The van der Waals surface area contributed by atoms with Gasteiger partial charge in [-0.05, 0) is 50.9 Å². The highest BCUT2D eigenvalue weighted by Gasteiger charge is 2.27. The Balaban J connectivity index is 4.48. The lowest BCUT2D eigenvalue weighted by Gasteiger charge is -2.20. The van der Waals surface area contributed by atoms with Crippen LogP contribution in [0, 0.1) is 5.92 Å². The van der Waals surface area contributed by atoms with Gasteiger partial charge < -0.3 is 29.7 Å². The van der Waals surface area contributed by atoms with Gasteiger partial charge in [0.2, 0.25) is 0 Å². The maximum Gasteiger partial charge on any atom is 0.472 e. The average molecular weight is 731 g/mol. The molecule has 0 rings (SSSR count). The maximum atomic E-state index is 12.5. The molecule has 4 atom stereocenters. The summed E-state index contributed by atoms with van der Waals surface area (Å²) in [7, 11) is -4.63. The van der Waals surface area contributed by atoms with Crippen molar-refractivity contribution < 1.29 is 52.9 Å². The number of rotatable bonds is 33. The summed E-state index contributed by atoms with van der Waals surface area (Å²) < 4.78 is 32.4. The minimum absolute atomic E-state index is 0.147. The van der Waals surface area contributed by atoms with Crippen molar-refractivity contribution in [3.8, 4) is 0 Å². The third-order valence-electron chi connectivity index (χ3n) is 7.48. The summed E-state index contributed by atoms with van der Waals surface area (Å²) in [6.45, 7) is 4.32. The van der Waals surface area contributed by atoms with Crippen LogP contribution in [0.3, 0.4) is 0 Å². The lowest BCUT2D eigenvalue weighted by Crippen LogP contribution is -2.29. The summed E-state index contributed by atoms with van der Waals surface area (Å²) in [6.07, 6.45) is 27.5. The largest absolute Gasteiger partial charge is 0.472 e. The van der Waals surface area contributed by atoms with Crippen molar-refractivity contribution in [1.29, 1.82) is 0 Å². The van der Waals surface area contributed by atoms with Gasteiger partial charge in [0.1, 0.15) is 12.7 Å². The number of hydrogen-bond donors (Lipinski definition) is 4. The van der Waals surface area contributed by atoms with E-state index in [2.05, 4.69) is 49.6 Å². The zero-order valence-electron chi connectivity index (χ0n) is 30.9. The highest BCUT2D eigenvalue weighted by Crippen LogP contribution is 2.43. The summed E-state index contributed by atoms with van der Waals surface area (Å²) in [5, 5.41) is 28.0. The second-order valence-corrected chi connectivity index (χ2v) is 14.3. The van der Waals surface area contributed by atoms with Crippen LogP contribution in [-0.2, 0) is 32.7 Å². The Kier molecular flexibility index (Phi) is 31.4. The Labute approximate surface area is 301 Å². The molecule has 290 valence electrons. The van der Waals surface area contributed by atoms with Crippen LogP contribution in [0.5, 0.6) is 0 Å². The number of hydrogen-bond acceptors (Lipinski definition) is 10. The number of ether oxygens (including phenoxy) is 2. The number of aliphatic hydroxyl groups is 3. The lowest BCUT2D eigenvalue weighted by molar-refractivity contribution is -0.161. The van der Waals surface area contributed by atoms with E-state index in [1.54, 1.807) is 0 Å². The molecule has 4 N–H and O–H groups in total. The van der Waals surface area contributed by atoms with Crippen LogP contribution in [-0.4, -0.2) is 76.9 Å². The summed E-state index contributed by atoms with van der Waals surface area (Å²) in [6, 6.07) is 0. The molecular weight excluding hydrogens is 663 g/mol. The summed E-state index contributed by atoms with van der Waals surface area (Å²) in [5.74, 6) is -0.321. The van der Waals surface area contributed by atoms with Crippen LogP contribution in [0.2, 0.25) is 0 Å². The fraction of sp³-hybridized carbons (Fsp3) is 0.737. The van der Waals surface area contributed by atoms with Crippen molar-refractivity contribution in [1.82, 2.24) is 0 Å². The van der Waals surface area contributed by atoms with Crippen molar-refractivity contribution in [2.75, 3.05) is 26.4 Å². The fourth-order valence-electron chi connectivity index (χ4n) is 4.54. The van der Waals surface area contributed by atoms with Gasteiger partial charge in [0.25, 0.3) is 0 Å². The smallest absolute Gasteiger partial charge is 0.462 e. The van der Waals surface area contributed by atoms with Crippen LogP contribution in [0.15, 0.2) is 48.6 Å². The van der Waals surface area contributed by atoms with Gasteiger partial charge >= 0.3 is 19.8 Å². The van der Waals surface area contributed by atoms with Crippen LogP contribution >= 0.6 is 7.82 Å². The van der Waals surface area contributed by atoms with E-state index in [4.69, 9.17) is 19.1 Å². The first-order chi connectivity index (χ1) is 24.0. The predicted octanol–water partition coefficient (Wildman–Crippen LogP) is 7.82. The van der Waals surface area contributed by atoms with Gasteiger partial charge in [0.05, 0.1) is 25.9 Å². The number of aliphatic hydroxyl groups excluding tert-OH is 3. The molecule has 0 aliphatic heterocycles. The van der Waals surface area contributed by atoms with Crippen molar-refractivity contribution in [2.24, 2.45) is 5.92 Å². The molecule has 0 fully saturated rings. The molecule has 0 bridgehead atoms. The quantitative estimate of drug-likeness (QED) is 0.0225. The number of carbonyl (C=O) groups is 2. The van der Waals surface area contributed by atoms with E-state index in [0.29, 0.717) is 25.2 Å². The van der Waals surface area contributed by atoms with Gasteiger partial charge in [0.15, 0.2) is 6.10 Å². The van der Waals surface area contributed by atoms with Gasteiger partial charge in [-0.1, -0.05) is 121 Å². The van der Waals surface area contributed by atoms with Crippen molar-refractivity contribution in [3.63, 3.8) is 0 Å². The second-order valence-electron chi connectivity index (χ2n) is 12.9.